The zero-order chi connectivity index (χ0) is 29.6. The van der Waals surface area contributed by atoms with E-state index < -0.39 is 16.9 Å². The van der Waals surface area contributed by atoms with Crippen molar-refractivity contribution in [1.82, 2.24) is 0 Å². The second kappa shape index (κ2) is 16.2. The number of hydrogen-bond donors (Lipinski definition) is 0. The number of carbonyl (C=O) groups is 2. The summed E-state index contributed by atoms with van der Waals surface area (Å²) in [5.74, 6) is -0.148. The highest BCUT2D eigenvalue weighted by Crippen LogP contribution is 2.33. The summed E-state index contributed by atoms with van der Waals surface area (Å²) >= 11 is 0. The number of hydrogen-bond acceptors (Lipinski definition) is 7. The van der Waals surface area contributed by atoms with Crippen LogP contribution in [0, 0.1) is 16.0 Å². The smallest absolute Gasteiger partial charge is 0.343 e. The SMILES string of the molecule is CCCCCCCCOc1ccc(-c2ccc(C(=O)Oc3ccc(C(=O)OCC(C)CC)cc3)cc2)cc1[N+](=O)[O-]. The van der Waals surface area contributed by atoms with Crippen molar-refractivity contribution in [2.24, 2.45) is 5.92 Å². The molecule has 8 nitrogen and oxygen atoms in total. The van der Waals surface area contributed by atoms with Crippen LogP contribution < -0.4 is 9.47 Å². The Kier molecular flexibility index (Phi) is 12.3. The van der Waals surface area contributed by atoms with Crippen molar-refractivity contribution in [2.45, 2.75) is 65.7 Å². The van der Waals surface area contributed by atoms with Crippen LogP contribution in [0.3, 0.4) is 0 Å². The van der Waals surface area contributed by atoms with Crippen molar-refractivity contribution in [3.63, 3.8) is 0 Å². The van der Waals surface area contributed by atoms with Gasteiger partial charge < -0.3 is 14.2 Å². The van der Waals surface area contributed by atoms with Gasteiger partial charge in [-0.2, -0.15) is 0 Å². The van der Waals surface area contributed by atoms with Crippen molar-refractivity contribution >= 4 is 17.6 Å². The van der Waals surface area contributed by atoms with E-state index in [2.05, 4.69) is 6.92 Å². The van der Waals surface area contributed by atoms with Crippen molar-refractivity contribution in [3.8, 4) is 22.6 Å². The zero-order valence-electron chi connectivity index (χ0n) is 24.1. The van der Waals surface area contributed by atoms with Crippen LogP contribution in [0.2, 0.25) is 0 Å². The van der Waals surface area contributed by atoms with Crippen LogP contribution in [-0.2, 0) is 4.74 Å². The lowest BCUT2D eigenvalue weighted by atomic mass is 10.0. The maximum absolute atomic E-state index is 12.7. The summed E-state index contributed by atoms with van der Waals surface area (Å²) in [6.07, 6.45) is 7.57. The van der Waals surface area contributed by atoms with E-state index in [4.69, 9.17) is 14.2 Å². The van der Waals surface area contributed by atoms with E-state index in [0.717, 1.165) is 25.7 Å². The minimum atomic E-state index is -0.562. The first-order valence-electron chi connectivity index (χ1n) is 14.3. The first-order valence-corrected chi connectivity index (χ1v) is 14.3. The van der Waals surface area contributed by atoms with Gasteiger partial charge in [0.1, 0.15) is 5.75 Å². The number of nitrogens with zero attached hydrogens (tertiary/aromatic N) is 1. The maximum Gasteiger partial charge on any atom is 0.343 e. The molecule has 0 saturated heterocycles. The fourth-order valence-electron chi connectivity index (χ4n) is 4.07. The Morgan fingerprint density at radius 3 is 2.07 bits per heavy atom. The predicted octanol–water partition coefficient (Wildman–Crippen LogP) is 8.42. The monoisotopic (exact) mass is 561 g/mol. The fourth-order valence-corrected chi connectivity index (χ4v) is 4.07. The number of nitro groups is 1. The Labute approximate surface area is 241 Å². The van der Waals surface area contributed by atoms with Gasteiger partial charge in [0.05, 0.1) is 29.3 Å². The number of unbranched alkanes of at least 4 members (excludes halogenated alkanes) is 5. The standard InChI is InChI=1S/C33H39NO7/c1-4-6-7-8-9-10-21-39-31-20-17-28(22-30(31)34(37)38)25-11-13-27(14-12-25)33(36)41-29-18-15-26(16-19-29)32(35)40-23-24(3)5-2/h11-20,22,24H,4-10,21,23H2,1-3H3. The van der Waals surface area contributed by atoms with E-state index in [1.54, 1.807) is 60.7 Å². The van der Waals surface area contributed by atoms with Crippen molar-refractivity contribution in [2.75, 3.05) is 13.2 Å². The molecular formula is C33H39NO7. The summed E-state index contributed by atoms with van der Waals surface area (Å²) < 4.78 is 16.5. The number of ether oxygens (including phenoxy) is 3. The fraction of sp³-hybridized carbons (Fsp3) is 0.394. The largest absolute Gasteiger partial charge is 0.487 e. The van der Waals surface area contributed by atoms with Crippen molar-refractivity contribution in [1.29, 1.82) is 0 Å². The van der Waals surface area contributed by atoms with Crippen LogP contribution in [0.5, 0.6) is 11.5 Å². The van der Waals surface area contributed by atoms with Gasteiger partial charge in [0, 0.05) is 6.07 Å². The van der Waals surface area contributed by atoms with Gasteiger partial charge in [0.15, 0.2) is 5.75 Å². The number of esters is 2. The molecule has 0 amide bonds. The van der Waals surface area contributed by atoms with E-state index in [-0.39, 0.29) is 17.4 Å². The van der Waals surface area contributed by atoms with E-state index >= 15 is 0 Å². The Bertz CT molecular complexity index is 1290. The highest BCUT2D eigenvalue weighted by Gasteiger charge is 2.17. The summed E-state index contributed by atoms with van der Waals surface area (Å²) in [5, 5.41) is 11.7. The molecule has 3 aromatic rings. The van der Waals surface area contributed by atoms with E-state index in [1.807, 2.05) is 13.8 Å². The number of carbonyl (C=O) groups excluding carboxylic acids is 2. The summed E-state index contributed by atoms with van der Waals surface area (Å²) in [4.78, 5) is 36.1. The van der Waals surface area contributed by atoms with E-state index in [0.29, 0.717) is 41.2 Å². The second-order valence-corrected chi connectivity index (χ2v) is 10.2. The molecule has 0 aliphatic rings. The van der Waals surface area contributed by atoms with Crippen LogP contribution in [0.25, 0.3) is 11.1 Å². The Morgan fingerprint density at radius 2 is 1.41 bits per heavy atom. The Morgan fingerprint density at radius 1 is 0.805 bits per heavy atom. The lowest BCUT2D eigenvalue weighted by Crippen LogP contribution is -2.12. The molecule has 0 aliphatic heterocycles. The third kappa shape index (κ3) is 9.74. The van der Waals surface area contributed by atoms with E-state index in [1.165, 1.54) is 25.3 Å². The van der Waals surface area contributed by atoms with Gasteiger partial charge in [0.2, 0.25) is 0 Å². The molecule has 0 spiro atoms. The molecule has 0 fully saturated rings. The first kappa shape index (κ1) is 31.3. The van der Waals surface area contributed by atoms with Gasteiger partial charge in [-0.05, 0) is 65.9 Å². The Hall–Kier alpha value is -4.20. The summed E-state index contributed by atoms with van der Waals surface area (Å²) in [7, 11) is 0. The van der Waals surface area contributed by atoms with Crippen LogP contribution in [0.15, 0.2) is 66.7 Å². The number of nitro benzene ring substituents is 1. The van der Waals surface area contributed by atoms with Crippen molar-refractivity contribution < 1.29 is 28.7 Å². The van der Waals surface area contributed by atoms with Gasteiger partial charge >= 0.3 is 17.6 Å². The average molecular weight is 562 g/mol. The highest BCUT2D eigenvalue weighted by atomic mass is 16.6. The topological polar surface area (TPSA) is 105 Å². The van der Waals surface area contributed by atoms with Gasteiger partial charge in [-0.15, -0.1) is 0 Å². The van der Waals surface area contributed by atoms with E-state index in [9.17, 15) is 19.7 Å². The first-order chi connectivity index (χ1) is 19.8. The molecule has 1 atom stereocenters. The molecule has 8 heteroatoms. The van der Waals surface area contributed by atoms with Crippen molar-refractivity contribution in [3.05, 3.63) is 88.0 Å². The average Bonchev–Trinajstić information content (AvgIpc) is 2.99. The molecule has 0 N–H and O–H groups in total. The summed E-state index contributed by atoms with van der Waals surface area (Å²) in [5.41, 5.74) is 1.96. The number of rotatable bonds is 16. The van der Waals surface area contributed by atoms with Crippen LogP contribution in [-0.4, -0.2) is 30.1 Å². The molecule has 0 aliphatic carbocycles. The molecule has 218 valence electrons. The van der Waals surface area contributed by atoms with Gasteiger partial charge in [-0.3, -0.25) is 10.1 Å². The molecule has 3 rings (SSSR count). The summed E-state index contributed by atoms with van der Waals surface area (Å²) in [6, 6.07) is 17.7. The zero-order valence-corrected chi connectivity index (χ0v) is 24.1. The predicted molar refractivity (Wildman–Crippen MR) is 159 cm³/mol. The maximum atomic E-state index is 12.7. The van der Waals surface area contributed by atoms with Gasteiger partial charge in [0.25, 0.3) is 0 Å². The normalized spacial score (nSPS) is 11.5. The molecule has 0 heterocycles. The minimum Gasteiger partial charge on any atom is -0.487 e. The summed E-state index contributed by atoms with van der Waals surface area (Å²) in [6.45, 7) is 7.01. The van der Waals surface area contributed by atoms with Gasteiger partial charge in [-0.1, -0.05) is 77.5 Å². The molecule has 0 radical (unpaired) electrons. The minimum absolute atomic E-state index is 0.0934. The lowest BCUT2D eigenvalue weighted by Gasteiger charge is -2.10. The van der Waals surface area contributed by atoms with Gasteiger partial charge in [-0.25, -0.2) is 9.59 Å². The van der Waals surface area contributed by atoms with Crippen LogP contribution in [0.4, 0.5) is 5.69 Å². The number of benzene rings is 3. The molecule has 0 aromatic heterocycles. The third-order valence-electron chi connectivity index (χ3n) is 6.86. The molecule has 1 unspecified atom stereocenters. The quantitative estimate of drug-likeness (QED) is 0.0568. The molecule has 0 saturated carbocycles. The highest BCUT2D eigenvalue weighted by molar-refractivity contribution is 5.92. The van der Waals surface area contributed by atoms with Crippen LogP contribution >= 0.6 is 0 Å². The second-order valence-electron chi connectivity index (χ2n) is 10.2. The molecule has 3 aromatic carbocycles. The lowest BCUT2D eigenvalue weighted by molar-refractivity contribution is -0.385. The third-order valence-corrected chi connectivity index (χ3v) is 6.86. The molecular weight excluding hydrogens is 522 g/mol. The molecule has 0 bridgehead atoms. The Balaban J connectivity index is 1.58. The molecule has 41 heavy (non-hydrogen) atoms. The van der Waals surface area contributed by atoms with Crippen LogP contribution in [0.1, 0.15) is 86.4 Å².